The molecule has 0 aromatic carbocycles. The maximum Gasteiger partial charge on any atom is 0.317 e. The van der Waals surface area contributed by atoms with Gasteiger partial charge in [-0.2, -0.15) is 0 Å². The smallest absolute Gasteiger partial charge is 0.317 e. The molecule has 4 nitrogen and oxygen atoms in total. The molecule has 96 valence electrons. The van der Waals surface area contributed by atoms with E-state index in [1.165, 1.54) is 0 Å². The largest absolute Gasteiger partial charge is 0.480 e. The molecule has 0 aliphatic heterocycles. The fraction of sp³-hybridized carbons (Fsp3) is 0.917. The zero-order valence-corrected chi connectivity index (χ0v) is 10.9. The SMILES string of the molecule is CC(C)COCCN(CC(=O)O)CC(C)C. The van der Waals surface area contributed by atoms with Gasteiger partial charge in [0.1, 0.15) is 0 Å². The van der Waals surface area contributed by atoms with E-state index in [9.17, 15) is 4.79 Å². The van der Waals surface area contributed by atoms with Crippen LogP contribution in [0, 0.1) is 11.8 Å². The van der Waals surface area contributed by atoms with E-state index in [4.69, 9.17) is 9.84 Å². The molecule has 0 bridgehead atoms. The maximum atomic E-state index is 10.6. The number of carbonyl (C=O) groups is 1. The fourth-order valence-corrected chi connectivity index (χ4v) is 1.46. The Morgan fingerprint density at radius 3 is 2.31 bits per heavy atom. The average molecular weight is 231 g/mol. The minimum absolute atomic E-state index is 0.100. The molecule has 1 N–H and O–H groups in total. The van der Waals surface area contributed by atoms with E-state index in [2.05, 4.69) is 27.7 Å². The Kier molecular flexibility index (Phi) is 8.21. The van der Waals surface area contributed by atoms with E-state index in [-0.39, 0.29) is 6.54 Å². The quantitative estimate of drug-likeness (QED) is 0.614. The van der Waals surface area contributed by atoms with E-state index >= 15 is 0 Å². The number of nitrogens with zero attached hydrogens (tertiary/aromatic N) is 1. The van der Waals surface area contributed by atoms with Gasteiger partial charge in [-0.15, -0.1) is 0 Å². The lowest BCUT2D eigenvalue weighted by Crippen LogP contribution is -2.35. The highest BCUT2D eigenvalue weighted by molar-refractivity contribution is 5.69. The molecule has 0 unspecified atom stereocenters. The van der Waals surface area contributed by atoms with Gasteiger partial charge < -0.3 is 9.84 Å². The number of carboxylic acid groups (broad SMARTS) is 1. The van der Waals surface area contributed by atoms with Gasteiger partial charge in [-0.3, -0.25) is 9.69 Å². The number of hydrogen-bond acceptors (Lipinski definition) is 3. The van der Waals surface area contributed by atoms with Crippen LogP contribution in [0.2, 0.25) is 0 Å². The Balaban J connectivity index is 3.78. The second kappa shape index (κ2) is 8.53. The zero-order chi connectivity index (χ0) is 12.6. The Labute approximate surface area is 98.6 Å². The minimum Gasteiger partial charge on any atom is -0.480 e. The van der Waals surface area contributed by atoms with Gasteiger partial charge in [-0.1, -0.05) is 27.7 Å². The van der Waals surface area contributed by atoms with Crippen LogP contribution < -0.4 is 0 Å². The van der Waals surface area contributed by atoms with E-state index in [1.807, 2.05) is 4.90 Å². The molecular formula is C12H25NO3. The molecule has 0 spiro atoms. The lowest BCUT2D eigenvalue weighted by atomic mass is 10.2. The summed E-state index contributed by atoms with van der Waals surface area (Å²) in [5, 5.41) is 8.76. The third kappa shape index (κ3) is 9.93. The summed E-state index contributed by atoms with van der Waals surface area (Å²) in [6.45, 7) is 11.3. The summed E-state index contributed by atoms with van der Waals surface area (Å²) in [6, 6.07) is 0. The first-order valence-electron chi connectivity index (χ1n) is 5.93. The Bertz CT molecular complexity index is 193. The van der Waals surface area contributed by atoms with Crippen LogP contribution >= 0.6 is 0 Å². The topological polar surface area (TPSA) is 49.8 Å². The van der Waals surface area contributed by atoms with Gasteiger partial charge in [-0.05, 0) is 11.8 Å². The summed E-state index contributed by atoms with van der Waals surface area (Å²) in [6.07, 6.45) is 0. The summed E-state index contributed by atoms with van der Waals surface area (Å²) < 4.78 is 5.45. The van der Waals surface area contributed by atoms with Gasteiger partial charge in [0.15, 0.2) is 0 Å². The van der Waals surface area contributed by atoms with E-state index < -0.39 is 5.97 Å². The van der Waals surface area contributed by atoms with Crippen LogP contribution in [0.25, 0.3) is 0 Å². The zero-order valence-electron chi connectivity index (χ0n) is 10.9. The molecule has 0 atom stereocenters. The Morgan fingerprint density at radius 1 is 1.25 bits per heavy atom. The highest BCUT2D eigenvalue weighted by Crippen LogP contribution is 1.99. The van der Waals surface area contributed by atoms with Crippen LogP contribution in [0.15, 0.2) is 0 Å². The molecule has 0 aromatic rings. The molecule has 16 heavy (non-hydrogen) atoms. The van der Waals surface area contributed by atoms with Crippen molar-refractivity contribution in [1.29, 1.82) is 0 Å². The molecule has 0 aliphatic rings. The molecule has 4 heteroatoms. The fourth-order valence-electron chi connectivity index (χ4n) is 1.46. The van der Waals surface area contributed by atoms with Crippen molar-refractivity contribution in [2.45, 2.75) is 27.7 Å². The molecular weight excluding hydrogens is 206 g/mol. The van der Waals surface area contributed by atoms with Crippen molar-refractivity contribution < 1.29 is 14.6 Å². The van der Waals surface area contributed by atoms with Gasteiger partial charge in [0.2, 0.25) is 0 Å². The van der Waals surface area contributed by atoms with Crippen molar-refractivity contribution in [1.82, 2.24) is 4.90 Å². The normalized spacial score (nSPS) is 11.7. The molecule has 0 radical (unpaired) electrons. The average Bonchev–Trinajstić information content (AvgIpc) is 2.09. The third-order valence-corrected chi connectivity index (χ3v) is 1.99. The summed E-state index contributed by atoms with van der Waals surface area (Å²) in [7, 11) is 0. The second-order valence-corrected chi connectivity index (χ2v) is 4.99. The van der Waals surface area contributed by atoms with Crippen molar-refractivity contribution in [2.24, 2.45) is 11.8 Å². The lowest BCUT2D eigenvalue weighted by molar-refractivity contribution is -0.138. The van der Waals surface area contributed by atoms with E-state index in [0.29, 0.717) is 25.0 Å². The number of ether oxygens (including phenoxy) is 1. The minimum atomic E-state index is -0.774. The molecule has 0 fully saturated rings. The van der Waals surface area contributed by atoms with Crippen LogP contribution in [-0.4, -0.2) is 48.8 Å². The molecule has 0 amide bonds. The summed E-state index contributed by atoms with van der Waals surface area (Å²) in [5.74, 6) is 0.229. The summed E-state index contributed by atoms with van der Waals surface area (Å²) in [5.41, 5.74) is 0. The predicted octanol–water partition coefficient (Wildman–Crippen LogP) is 1.70. The number of rotatable bonds is 9. The van der Waals surface area contributed by atoms with Gasteiger partial charge >= 0.3 is 5.97 Å². The number of carboxylic acids is 1. The maximum absolute atomic E-state index is 10.6. The molecule has 0 aliphatic carbocycles. The Morgan fingerprint density at radius 2 is 1.88 bits per heavy atom. The van der Waals surface area contributed by atoms with E-state index in [0.717, 1.165) is 13.2 Å². The molecule has 0 aromatic heterocycles. The standard InChI is InChI=1S/C12H25NO3/c1-10(2)7-13(8-12(14)15)5-6-16-9-11(3)4/h10-11H,5-9H2,1-4H3,(H,14,15). The number of hydrogen-bond donors (Lipinski definition) is 1. The second-order valence-electron chi connectivity index (χ2n) is 4.99. The van der Waals surface area contributed by atoms with Crippen LogP contribution in [0.4, 0.5) is 0 Å². The molecule has 0 saturated carbocycles. The molecule has 0 rings (SSSR count). The highest BCUT2D eigenvalue weighted by atomic mass is 16.5. The van der Waals surface area contributed by atoms with Crippen molar-refractivity contribution in [2.75, 3.05) is 32.8 Å². The van der Waals surface area contributed by atoms with Gasteiger partial charge in [0.05, 0.1) is 13.2 Å². The Hall–Kier alpha value is -0.610. The van der Waals surface area contributed by atoms with Crippen LogP contribution in [0.5, 0.6) is 0 Å². The molecule has 0 heterocycles. The first-order valence-corrected chi connectivity index (χ1v) is 5.93. The summed E-state index contributed by atoms with van der Waals surface area (Å²) >= 11 is 0. The summed E-state index contributed by atoms with van der Waals surface area (Å²) in [4.78, 5) is 12.6. The van der Waals surface area contributed by atoms with Crippen molar-refractivity contribution in [3.05, 3.63) is 0 Å². The first-order chi connectivity index (χ1) is 7.41. The van der Waals surface area contributed by atoms with Gasteiger partial charge in [0, 0.05) is 19.7 Å². The van der Waals surface area contributed by atoms with Crippen molar-refractivity contribution >= 4 is 5.97 Å². The monoisotopic (exact) mass is 231 g/mol. The third-order valence-electron chi connectivity index (χ3n) is 1.99. The molecule has 0 saturated heterocycles. The highest BCUT2D eigenvalue weighted by Gasteiger charge is 2.11. The predicted molar refractivity (Wildman–Crippen MR) is 64.6 cm³/mol. The van der Waals surface area contributed by atoms with Crippen LogP contribution in [0.3, 0.4) is 0 Å². The first kappa shape index (κ1) is 15.4. The van der Waals surface area contributed by atoms with Crippen molar-refractivity contribution in [3.8, 4) is 0 Å². The van der Waals surface area contributed by atoms with E-state index in [1.54, 1.807) is 0 Å². The van der Waals surface area contributed by atoms with Crippen LogP contribution in [-0.2, 0) is 9.53 Å². The van der Waals surface area contributed by atoms with Gasteiger partial charge in [-0.25, -0.2) is 0 Å². The lowest BCUT2D eigenvalue weighted by Gasteiger charge is -2.22. The number of aliphatic carboxylic acids is 1. The van der Waals surface area contributed by atoms with Crippen LogP contribution in [0.1, 0.15) is 27.7 Å². The van der Waals surface area contributed by atoms with Crippen molar-refractivity contribution in [3.63, 3.8) is 0 Å². The van der Waals surface area contributed by atoms with Gasteiger partial charge in [0.25, 0.3) is 0 Å².